The monoisotopic (exact) mass is 451 g/mol. The van der Waals surface area contributed by atoms with Crippen LogP contribution >= 0.6 is 11.6 Å². The van der Waals surface area contributed by atoms with Gasteiger partial charge in [0.25, 0.3) is 5.56 Å². The molecule has 0 aliphatic heterocycles. The molecule has 160 valence electrons. The lowest BCUT2D eigenvalue weighted by molar-refractivity contribution is 0.746. The zero-order chi connectivity index (χ0) is 22.5. The number of rotatable bonds is 3. The molecule has 0 unspecified atom stereocenters. The van der Waals surface area contributed by atoms with Gasteiger partial charge in [0.1, 0.15) is 17.2 Å². The molecule has 0 aliphatic rings. The van der Waals surface area contributed by atoms with Crippen LogP contribution in [0.25, 0.3) is 38.9 Å². The molecule has 0 spiro atoms. The van der Waals surface area contributed by atoms with Crippen molar-refractivity contribution in [1.82, 2.24) is 24.1 Å². The topological polar surface area (TPSA) is 65.6 Å². The van der Waals surface area contributed by atoms with Crippen molar-refractivity contribution in [3.8, 4) is 5.69 Å². The third-order valence-corrected chi connectivity index (χ3v) is 6.04. The zero-order valence-corrected chi connectivity index (χ0v) is 18.5. The van der Waals surface area contributed by atoms with Crippen molar-refractivity contribution in [3.05, 3.63) is 106 Å². The number of para-hydroxylation sites is 2. The van der Waals surface area contributed by atoms with Gasteiger partial charge < -0.3 is 0 Å². The van der Waals surface area contributed by atoms with Crippen LogP contribution in [0.5, 0.6) is 0 Å². The third kappa shape index (κ3) is 3.27. The first-order chi connectivity index (χ1) is 16.1. The highest BCUT2D eigenvalue weighted by Crippen LogP contribution is 2.28. The van der Waals surface area contributed by atoms with Crippen LogP contribution in [0.15, 0.2) is 83.9 Å². The van der Waals surface area contributed by atoms with Crippen LogP contribution in [0.3, 0.4) is 0 Å². The van der Waals surface area contributed by atoms with Gasteiger partial charge >= 0.3 is 0 Å². The van der Waals surface area contributed by atoms with Gasteiger partial charge in [-0.15, -0.1) is 0 Å². The Balaban J connectivity index is 1.67. The predicted octanol–water partition coefficient (Wildman–Crippen LogP) is 5.29. The Bertz CT molecular complexity index is 1720. The summed E-state index contributed by atoms with van der Waals surface area (Å²) in [7, 11) is 0. The fourth-order valence-corrected chi connectivity index (χ4v) is 4.24. The van der Waals surface area contributed by atoms with E-state index in [0.29, 0.717) is 33.8 Å². The fourth-order valence-electron chi connectivity index (χ4n) is 4.11. The number of nitrogens with zero attached hydrogens (tertiary/aromatic N) is 5. The molecule has 6 nitrogen and oxygen atoms in total. The highest BCUT2D eigenvalue weighted by molar-refractivity contribution is 6.30. The van der Waals surface area contributed by atoms with Crippen molar-refractivity contribution >= 4 is 44.8 Å². The van der Waals surface area contributed by atoms with Crippen molar-refractivity contribution in [2.75, 3.05) is 0 Å². The molecule has 3 aromatic heterocycles. The number of hydrogen-bond acceptors (Lipinski definition) is 4. The van der Waals surface area contributed by atoms with E-state index in [9.17, 15) is 4.79 Å². The van der Waals surface area contributed by atoms with Crippen molar-refractivity contribution in [1.29, 1.82) is 0 Å². The van der Waals surface area contributed by atoms with Gasteiger partial charge in [0.05, 0.1) is 17.6 Å². The quantitative estimate of drug-likeness (QED) is 0.366. The Labute approximate surface area is 193 Å². The first-order valence-electron chi connectivity index (χ1n) is 10.6. The van der Waals surface area contributed by atoms with E-state index in [2.05, 4.69) is 0 Å². The van der Waals surface area contributed by atoms with Crippen LogP contribution in [0, 0.1) is 6.92 Å². The largest absolute Gasteiger partial charge is 0.294 e. The van der Waals surface area contributed by atoms with E-state index >= 15 is 0 Å². The highest BCUT2D eigenvalue weighted by Gasteiger charge is 2.20. The summed E-state index contributed by atoms with van der Waals surface area (Å²) < 4.78 is 3.49. The van der Waals surface area contributed by atoms with Crippen LogP contribution in [0.4, 0.5) is 0 Å². The summed E-state index contributed by atoms with van der Waals surface area (Å²) in [4.78, 5) is 28.0. The standard InChI is InChI=1S/C26H18ClN5O/c1-16-6-8-17(9-7-16)14-31-15-28-24-22(26(31)33)23-25(30-21-5-3-2-4-20(21)29-23)32(24)19-12-10-18(27)11-13-19/h2-13,15H,14H2,1H3. The van der Waals surface area contributed by atoms with E-state index < -0.39 is 0 Å². The molecule has 0 radical (unpaired) electrons. The Morgan fingerprint density at radius 1 is 0.848 bits per heavy atom. The number of fused-ring (bicyclic) bond motifs is 4. The number of aromatic nitrogens is 5. The summed E-state index contributed by atoms with van der Waals surface area (Å²) in [6.45, 7) is 2.47. The minimum absolute atomic E-state index is 0.150. The van der Waals surface area contributed by atoms with E-state index in [0.717, 1.165) is 22.3 Å². The Morgan fingerprint density at radius 2 is 1.55 bits per heavy atom. The van der Waals surface area contributed by atoms with Crippen LogP contribution in [0.1, 0.15) is 11.1 Å². The highest BCUT2D eigenvalue weighted by atomic mass is 35.5. The van der Waals surface area contributed by atoms with Gasteiger partial charge in [-0.25, -0.2) is 15.0 Å². The minimum atomic E-state index is -0.150. The zero-order valence-electron chi connectivity index (χ0n) is 17.7. The van der Waals surface area contributed by atoms with E-state index in [-0.39, 0.29) is 5.56 Å². The van der Waals surface area contributed by atoms with E-state index in [1.807, 2.05) is 84.3 Å². The summed E-state index contributed by atoms with van der Waals surface area (Å²) in [6, 6.07) is 23.2. The summed E-state index contributed by atoms with van der Waals surface area (Å²) in [5.41, 5.74) is 5.99. The first-order valence-corrected chi connectivity index (χ1v) is 10.9. The lowest BCUT2D eigenvalue weighted by atomic mass is 10.1. The molecule has 3 aromatic carbocycles. The SMILES string of the molecule is Cc1ccc(Cn2cnc3c(c2=O)c2nc4ccccc4nc2n3-c2ccc(Cl)cc2)cc1. The molecule has 6 rings (SSSR count). The predicted molar refractivity (Wildman–Crippen MR) is 131 cm³/mol. The third-order valence-electron chi connectivity index (χ3n) is 5.79. The molecule has 0 bridgehead atoms. The van der Waals surface area contributed by atoms with Gasteiger partial charge in [-0.2, -0.15) is 0 Å². The van der Waals surface area contributed by atoms with Gasteiger partial charge in [0.15, 0.2) is 11.3 Å². The first kappa shape index (κ1) is 19.6. The molecule has 3 heterocycles. The van der Waals surface area contributed by atoms with E-state index in [4.69, 9.17) is 26.6 Å². The molecule has 0 saturated carbocycles. The molecule has 0 saturated heterocycles. The number of hydrogen-bond donors (Lipinski definition) is 0. The lowest BCUT2D eigenvalue weighted by Gasteiger charge is -2.08. The normalized spacial score (nSPS) is 11.6. The van der Waals surface area contributed by atoms with E-state index in [1.165, 1.54) is 5.56 Å². The fraction of sp³-hybridized carbons (Fsp3) is 0.0769. The average molecular weight is 452 g/mol. The van der Waals surface area contributed by atoms with Crippen molar-refractivity contribution in [3.63, 3.8) is 0 Å². The van der Waals surface area contributed by atoms with Gasteiger partial charge in [-0.1, -0.05) is 53.6 Å². The Hall–Kier alpha value is -4.03. The van der Waals surface area contributed by atoms with Gasteiger partial charge in [0, 0.05) is 10.7 Å². The van der Waals surface area contributed by atoms with Crippen LogP contribution in [-0.4, -0.2) is 24.1 Å². The Morgan fingerprint density at radius 3 is 2.27 bits per heavy atom. The van der Waals surface area contributed by atoms with Crippen molar-refractivity contribution < 1.29 is 0 Å². The lowest BCUT2D eigenvalue weighted by Crippen LogP contribution is -2.21. The molecule has 0 fully saturated rings. The number of benzene rings is 3. The maximum atomic E-state index is 13.7. The molecule has 0 atom stereocenters. The molecule has 0 aliphatic carbocycles. The molecule has 33 heavy (non-hydrogen) atoms. The van der Waals surface area contributed by atoms with Crippen LogP contribution < -0.4 is 5.56 Å². The average Bonchev–Trinajstić information content (AvgIpc) is 3.15. The summed E-state index contributed by atoms with van der Waals surface area (Å²) in [5.74, 6) is 0. The van der Waals surface area contributed by atoms with Gasteiger partial charge in [-0.05, 0) is 48.9 Å². The molecular weight excluding hydrogens is 434 g/mol. The summed E-state index contributed by atoms with van der Waals surface area (Å²) in [6.07, 6.45) is 1.59. The second-order valence-electron chi connectivity index (χ2n) is 8.06. The second kappa shape index (κ2) is 7.53. The number of halogens is 1. The smallest absolute Gasteiger partial charge is 0.265 e. The maximum Gasteiger partial charge on any atom is 0.265 e. The Kier molecular flexibility index (Phi) is 4.48. The minimum Gasteiger partial charge on any atom is -0.294 e. The molecule has 7 heteroatoms. The van der Waals surface area contributed by atoms with Gasteiger partial charge in [-0.3, -0.25) is 13.9 Å². The van der Waals surface area contributed by atoms with Crippen molar-refractivity contribution in [2.24, 2.45) is 0 Å². The summed E-state index contributed by atoms with van der Waals surface area (Å²) in [5, 5.41) is 1.08. The summed E-state index contributed by atoms with van der Waals surface area (Å²) >= 11 is 6.11. The molecule has 0 amide bonds. The molecular formula is C26H18ClN5O. The second-order valence-corrected chi connectivity index (χ2v) is 8.49. The van der Waals surface area contributed by atoms with Crippen LogP contribution in [0.2, 0.25) is 5.02 Å². The van der Waals surface area contributed by atoms with Gasteiger partial charge in [0.2, 0.25) is 0 Å². The van der Waals surface area contributed by atoms with Crippen LogP contribution in [-0.2, 0) is 6.54 Å². The number of aryl methyl sites for hydroxylation is 1. The van der Waals surface area contributed by atoms with Crippen molar-refractivity contribution in [2.45, 2.75) is 13.5 Å². The molecule has 6 aromatic rings. The van der Waals surface area contributed by atoms with E-state index in [1.54, 1.807) is 10.9 Å². The maximum absolute atomic E-state index is 13.7. The molecule has 0 N–H and O–H groups in total.